The summed E-state index contributed by atoms with van der Waals surface area (Å²) in [4.78, 5) is 16.0. The number of hydrogen-bond donors (Lipinski definition) is 1. The maximum Gasteiger partial charge on any atom is 0.137 e. The molecule has 0 spiro atoms. The molecule has 4 heteroatoms. The van der Waals surface area contributed by atoms with E-state index in [0.717, 1.165) is 19.6 Å². The molecule has 0 aliphatic carbocycles. The maximum atomic E-state index is 11.1. The molecule has 0 radical (unpaired) electrons. The Morgan fingerprint density at radius 2 is 2.23 bits per heavy atom. The number of rotatable bonds is 2. The molecule has 1 fully saturated rings. The van der Waals surface area contributed by atoms with E-state index < -0.39 is 0 Å². The van der Waals surface area contributed by atoms with E-state index in [1.807, 2.05) is 0 Å². The molecule has 2 aliphatic heterocycles. The van der Waals surface area contributed by atoms with E-state index in [9.17, 15) is 4.79 Å². The molecule has 1 amide bonds. The fraction of sp³-hybridized carbons (Fsp3) is 0.778. The molecule has 1 atom stereocenters. The van der Waals surface area contributed by atoms with Crippen molar-refractivity contribution in [2.24, 2.45) is 4.99 Å². The smallest absolute Gasteiger partial charge is 0.137 e. The number of amides is 1. The van der Waals surface area contributed by atoms with Gasteiger partial charge < -0.3 is 19.4 Å². The molecular formula is C9H14N2O2. The van der Waals surface area contributed by atoms with Gasteiger partial charge in [0.25, 0.3) is 0 Å². The highest BCUT2D eigenvalue weighted by molar-refractivity contribution is 5.91. The lowest BCUT2D eigenvalue weighted by Crippen LogP contribution is -3.14. The Hall–Kier alpha value is -0.900. The van der Waals surface area contributed by atoms with Gasteiger partial charge in [-0.15, -0.1) is 0 Å². The molecule has 1 unspecified atom stereocenters. The normalized spacial score (nSPS) is 29.2. The van der Waals surface area contributed by atoms with Gasteiger partial charge in [-0.2, -0.15) is 0 Å². The van der Waals surface area contributed by atoms with Crippen molar-refractivity contribution in [1.82, 2.24) is 0 Å². The molecule has 1 N–H and O–H groups in total. The minimum absolute atomic E-state index is 0.168. The Morgan fingerprint density at radius 1 is 1.46 bits per heavy atom. The first-order chi connectivity index (χ1) is 6.36. The van der Waals surface area contributed by atoms with E-state index in [0.29, 0.717) is 0 Å². The number of carbonyl (C=O) groups excluding carboxylic acids is 1. The average molecular weight is 182 g/mol. The summed E-state index contributed by atoms with van der Waals surface area (Å²) in [6.45, 7) is 3.08. The molecule has 0 bridgehead atoms. The van der Waals surface area contributed by atoms with E-state index in [2.05, 4.69) is 11.4 Å². The SMILES string of the molecule is O=C1N=[C-]OC1C[NH+]1CCCCC1. The summed E-state index contributed by atoms with van der Waals surface area (Å²) >= 11 is 0. The summed E-state index contributed by atoms with van der Waals surface area (Å²) in [5.41, 5.74) is 0. The molecule has 4 nitrogen and oxygen atoms in total. The Bertz CT molecular complexity index is 222. The molecule has 0 aromatic carbocycles. The third kappa shape index (κ3) is 2.06. The van der Waals surface area contributed by atoms with Gasteiger partial charge in [-0.1, -0.05) is 0 Å². The summed E-state index contributed by atoms with van der Waals surface area (Å²) in [6.07, 6.45) is 5.77. The van der Waals surface area contributed by atoms with Gasteiger partial charge in [0, 0.05) is 6.40 Å². The minimum atomic E-state index is -0.354. The third-order valence-electron chi connectivity index (χ3n) is 2.66. The predicted molar refractivity (Wildman–Crippen MR) is 46.7 cm³/mol. The second-order valence-electron chi connectivity index (χ2n) is 3.66. The van der Waals surface area contributed by atoms with Crippen LogP contribution in [0.5, 0.6) is 0 Å². The molecule has 2 heterocycles. The van der Waals surface area contributed by atoms with Gasteiger partial charge >= 0.3 is 0 Å². The number of ether oxygens (including phenoxy) is 1. The van der Waals surface area contributed by atoms with Crippen LogP contribution in [0.4, 0.5) is 0 Å². The van der Waals surface area contributed by atoms with Crippen molar-refractivity contribution in [3.05, 3.63) is 0 Å². The molecule has 2 aliphatic rings. The number of carbonyl (C=O) groups is 1. The lowest BCUT2D eigenvalue weighted by atomic mass is 10.1. The van der Waals surface area contributed by atoms with Gasteiger partial charge in [0.05, 0.1) is 13.1 Å². The fourth-order valence-electron chi connectivity index (χ4n) is 1.90. The van der Waals surface area contributed by atoms with Crippen LogP contribution in [0.3, 0.4) is 0 Å². The van der Waals surface area contributed by atoms with E-state index in [-0.39, 0.29) is 12.0 Å². The zero-order chi connectivity index (χ0) is 9.10. The topological polar surface area (TPSA) is 43.1 Å². The number of quaternary nitrogens is 1. The van der Waals surface area contributed by atoms with Crippen molar-refractivity contribution in [1.29, 1.82) is 0 Å². The first kappa shape index (κ1) is 8.69. The van der Waals surface area contributed by atoms with Crippen molar-refractivity contribution in [3.8, 4) is 0 Å². The van der Waals surface area contributed by atoms with Crippen LogP contribution in [-0.2, 0) is 9.53 Å². The first-order valence-corrected chi connectivity index (χ1v) is 4.85. The Labute approximate surface area is 77.6 Å². The van der Waals surface area contributed by atoms with Gasteiger partial charge in [0.2, 0.25) is 0 Å². The summed E-state index contributed by atoms with van der Waals surface area (Å²) in [5.74, 6) is -0.168. The van der Waals surface area contributed by atoms with E-state index >= 15 is 0 Å². The lowest BCUT2D eigenvalue weighted by molar-refractivity contribution is -0.906. The Morgan fingerprint density at radius 3 is 2.85 bits per heavy atom. The van der Waals surface area contributed by atoms with Crippen LogP contribution in [-0.4, -0.2) is 38.0 Å². The number of aliphatic imine (C=N–C) groups is 1. The largest absolute Gasteiger partial charge is 0.572 e. The number of hydrogen-bond acceptors (Lipinski definition) is 2. The van der Waals surface area contributed by atoms with Crippen LogP contribution in [0.25, 0.3) is 0 Å². The number of nitrogens with one attached hydrogen (secondary N) is 1. The van der Waals surface area contributed by atoms with Crippen LogP contribution in [0.15, 0.2) is 4.99 Å². The highest BCUT2D eigenvalue weighted by Crippen LogP contribution is 2.00. The molecular weight excluding hydrogens is 168 g/mol. The Balaban J connectivity index is 1.80. The van der Waals surface area contributed by atoms with Crippen molar-refractivity contribution in [2.75, 3.05) is 19.6 Å². The van der Waals surface area contributed by atoms with E-state index in [4.69, 9.17) is 4.74 Å². The molecule has 0 aromatic rings. The summed E-state index contributed by atoms with van der Waals surface area (Å²) < 4.78 is 4.98. The second-order valence-corrected chi connectivity index (χ2v) is 3.66. The summed E-state index contributed by atoms with van der Waals surface area (Å²) in [7, 11) is 0. The second kappa shape index (κ2) is 3.87. The van der Waals surface area contributed by atoms with Crippen LogP contribution < -0.4 is 4.90 Å². The van der Waals surface area contributed by atoms with Crippen LogP contribution in [0.2, 0.25) is 0 Å². The van der Waals surface area contributed by atoms with Gasteiger partial charge in [-0.3, -0.25) is 0 Å². The standard InChI is InChI=1S/C9H13N2O2/c12-9-8(13-7-10-9)6-11-4-2-1-3-5-11/h8H,1-6H2/q-1/p+1. The first-order valence-electron chi connectivity index (χ1n) is 4.85. The number of likely N-dealkylation sites (tertiary alicyclic amines) is 1. The average Bonchev–Trinajstić information content (AvgIpc) is 2.54. The van der Waals surface area contributed by atoms with Crippen LogP contribution >= 0.6 is 0 Å². The van der Waals surface area contributed by atoms with Crippen molar-refractivity contribution in [3.63, 3.8) is 0 Å². The number of piperidine rings is 1. The maximum absolute atomic E-state index is 11.1. The van der Waals surface area contributed by atoms with Gasteiger partial charge in [-0.05, 0) is 19.3 Å². The highest BCUT2D eigenvalue weighted by atomic mass is 16.5. The van der Waals surface area contributed by atoms with E-state index in [1.165, 1.54) is 24.2 Å². The summed E-state index contributed by atoms with van der Waals surface area (Å²) in [6, 6.07) is 0. The molecule has 0 saturated carbocycles. The van der Waals surface area contributed by atoms with Gasteiger partial charge in [0.15, 0.2) is 0 Å². The quantitative estimate of drug-likeness (QED) is 0.550. The lowest BCUT2D eigenvalue weighted by Gasteiger charge is -2.26. The number of nitrogens with zero attached hydrogens (tertiary/aromatic N) is 1. The van der Waals surface area contributed by atoms with Gasteiger partial charge in [0.1, 0.15) is 18.6 Å². The zero-order valence-electron chi connectivity index (χ0n) is 7.58. The molecule has 13 heavy (non-hydrogen) atoms. The van der Waals surface area contributed by atoms with Crippen LogP contribution in [0.1, 0.15) is 19.3 Å². The molecule has 2 rings (SSSR count). The van der Waals surface area contributed by atoms with E-state index in [1.54, 1.807) is 0 Å². The third-order valence-corrected chi connectivity index (χ3v) is 2.66. The highest BCUT2D eigenvalue weighted by Gasteiger charge is 2.21. The monoisotopic (exact) mass is 182 g/mol. The van der Waals surface area contributed by atoms with Crippen molar-refractivity contribution in [2.45, 2.75) is 25.4 Å². The fourth-order valence-corrected chi connectivity index (χ4v) is 1.90. The molecule has 1 saturated heterocycles. The molecule has 0 aromatic heterocycles. The minimum Gasteiger partial charge on any atom is -0.572 e. The predicted octanol–water partition coefficient (Wildman–Crippen LogP) is -1.11. The Kier molecular flexibility index (Phi) is 2.59. The molecule has 72 valence electrons. The summed E-state index contributed by atoms with van der Waals surface area (Å²) in [5, 5.41) is 0. The van der Waals surface area contributed by atoms with Gasteiger partial charge in [-0.25, -0.2) is 0 Å². The van der Waals surface area contributed by atoms with Crippen LogP contribution in [0, 0.1) is 0 Å². The van der Waals surface area contributed by atoms with Crippen molar-refractivity contribution < 1.29 is 14.4 Å². The zero-order valence-corrected chi connectivity index (χ0v) is 7.58. The van der Waals surface area contributed by atoms with Crippen molar-refractivity contribution >= 4 is 12.3 Å².